The Balaban J connectivity index is 5.24. The molecule has 0 aliphatic heterocycles. The maximum Gasteiger partial charge on any atom is 0.472 e. The van der Waals surface area contributed by atoms with Crippen molar-refractivity contribution >= 4 is 39.5 Å². The van der Waals surface area contributed by atoms with Crippen LogP contribution in [0.15, 0.2) is 0 Å². The van der Waals surface area contributed by atoms with E-state index in [9.17, 15) is 43.2 Å². The van der Waals surface area contributed by atoms with Gasteiger partial charge in [0.15, 0.2) is 12.2 Å². The first-order chi connectivity index (χ1) is 49.0. The minimum atomic E-state index is -4.96. The third kappa shape index (κ3) is 76.1. The van der Waals surface area contributed by atoms with E-state index >= 15 is 0 Å². The highest BCUT2D eigenvalue weighted by Crippen LogP contribution is 2.45. The van der Waals surface area contributed by atoms with E-state index in [4.69, 9.17) is 37.0 Å². The molecule has 0 saturated heterocycles. The summed E-state index contributed by atoms with van der Waals surface area (Å²) in [5.74, 6) is -1.36. The van der Waals surface area contributed by atoms with Crippen molar-refractivity contribution in [2.45, 2.75) is 457 Å². The lowest BCUT2D eigenvalue weighted by atomic mass is 10.0. The SMILES string of the molecule is CCCCCCCCCCCCCCCCCCCCCCC(=O)O[C@H](COC(=O)CCCCCCCCCCCCCCCCC)COP(=O)(O)OC[C@@H](O)COP(=O)(O)OC[C@@H](COC(=O)CCCCCCCCCCCC(C)C)OC(=O)CCCCCCCCCCCCCCCC. The molecule has 0 rings (SSSR count). The van der Waals surface area contributed by atoms with Gasteiger partial charge in [-0.1, -0.05) is 388 Å². The van der Waals surface area contributed by atoms with Crippen molar-refractivity contribution < 1.29 is 80.2 Å². The van der Waals surface area contributed by atoms with E-state index in [1.54, 1.807) is 0 Å². The number of aliphatic hydroxyl groups excluding tert-OH is 1. The molecule has 0 bridgehead atoms. The number of hydrogen-bond donors (Lipinski definition) is 3. The molecule has 0 aliphatic rings. The Kier molecular flexibility index (Phi) is 73.5. The highest BCUT2D eigenvalue weighted by molar-refractivity contribution is 7.47. The molecule has 0 heterocycles. The van der Waals surface area contributed by atoms with Gasteiger partial charge in [-0.25, -0.2) is 9.13 Å². The van der Waals surface area contributed by atoms with Crippen molar-refractivity contribution in [2.24, 2.45) is 5.92 Å². The molecule has 19 heteroatoms. The standard InChI is InChI=1S/C82H160O17P2/c1-6-9-12-15-18-21-24-27-30-31-32-33-34-36-39-42-47-53-58-63-68-82(87)98-77(71-92-79(84)65-60-55-50-45-40-38-35-28-25-22-19-16-13-10-7-2)73-96-100(88,89)94-69-76(83)70-95-101(90,91)97-74-78(72-93-80(85)66-61-56-51-48-43-44-49-54-59-64-75(4)5)99-81(86)67-62-57-52-46-41-37-29-26-23-20-17-14-11-8-3/h75-78,83H,6-74H2,1-5H3,(H,88,89)(H,90,91)/t76-,77-,78-/m1/s1. The Morgan fingerprint density at radius 1 is 0.267 bits per heavy atom. The van der Waals surface area contributed by atoms with Gasteiger partial charge in [0.05, 0.1) is 26.4 Å². The summed E-state index contributed by atoms with van der Waals surface area (Å²) >= 11 is 0. The predicted molar refractivity (Wildman–Crippen MR) is 414 cm³/mol. The van der Waals surface area contributed by atoms with Gasteiger partial charge in [0.25, 0.3) is 0 Å². The van der Waals surface area contributed by atoms with Crippen molar-refractivity contribution in [1.82, 2.24) is 0 Å². The van der Waals surface area contributed by atoms with Gasteiger partial charge in [-0.2, -0.15) is 0 Å². The van der Waals surface area contributed by atoms with Crippen LogP contribution in [0.25, 0.3) is 0 Å². The summed E-state index contributed by atoms with van der Waals surface area (Å²) in [5.41, 5.74) is 0. The molecule has 0 aromatic rings. The number of hydrogen-bond acceptors (Lipinski definition) is 15. The molecule has 0 spiro atoms. The normalized spacial score (nSPS) is 13.8. The van der Waals surface area contributed by atoms with E-state index in [1.165, 1.54) is 263 Å². The molecule has 0 amide bonds. The van der Waals surface area contributed by atoms with Crippen LogP contribution in [0.4, 0.5) is 0 Å². The number of phosphoric ester groups is 2. The number of phosphoric acid groups is 2. The van der Waals surface area contributed by atoms with Crippen LogP contribution >= 0.6 is 15.6 Å². The zero-order valence-corrected chi connectivity index (χ0v) is 67.8. The lowest BCUT2D eigenvalue weighted by molar-refractivity contribution is -0.161. The molecule has 2 unspecified atom stereocenters. The minimum Gasteiger partial charge on any atom is -0.462 e. The van der Waals surface area contributed by atoms with Crippen LogP contribution in [0.5, 0.6) is 0 Å². The quantitative estimate of drug-likeness (QED) is 0.0222. The molecule has 0 aromatic carbocycles. The molecule has 5 atom stereocenters. The molecule has 0 radical (unpaired) electrons. The largest absolute Gasteiger partial charge is 0.472 e. The number of carbonyl (C=O) groups is 4. The van der Waals surface area contributed by atoms with Gasteiger partial charge in [0.2, 0.25) is 0 Å². The van der Waals surface area contributed by atoms with E-state index in [2.05, 4.69) is 34.6 Å². The van der Waals surface area contributed by atoms with E-state index in [-0.39, 0.29) is 25.7 Å². The van der Waals surface area contributed by atoms with Crippen LogP contribution in [0.1, 0.15) is 439 Å². The molecule has 3 N–H and O–H groups in total. The van der Waals surface area contributed by atoms with Gasteiger partial charge in [0, 0.05) is 25.7 Å². The Labute approximate surface area is 619 Å². The number of aliphatic hydroxyl groups is 1. The second kappa shape index (κ2) is 74.9. The average Bonchev–Trinajstić information content (AvgIpc) is 0.932. The summed E-state index contributed by atoms with van der Waals surface area (Å²) in [7, 11) is -9.92. The Bertz CT molecular complexity index is 1930. The summed E-state index contributed by atoms with van der Waals surface area (Å²) in [6.07, 6.45) is 66.5. The van der Waals surface area contributed by atoms with Crippen LogP contribution in [0.2, 0.25) is 0 Å². The fourth-order valence-corrected chi connectivity index (χ4v) is 14.3. The van der Waals surface area contributed by atoms with Crippen LogP contribution in [-0.2, 0) is 65.4 Å². The first kappa shape index (κ1) is 99.1. The molecule has 600 valence electrons. The Morgan fingerprint density at radius 2 is 0.455 bits per heavy atom. The summed E-state index contributed by atoms with van der Waals surface area (Å²) < 4.78 is 68.8. The summed E-state index contributed by atoms with van der Waals surface area (Å²) in [6, 6.07) is 0. The number of esters is 4. The van der Waals surface area contributed by atoms with Crippen molar-refractivity contribution in [2.75, 3.05) is 39.6 Å². The smallest absolute Gasteiger partial charge is 0.462 e. The summed E-state index contributed by atoms with van der Waals surface area (Å²) in [5, 5.41) is 10.7. The molecule has 17 nitrogen and oxygen atoms in total. The predicted octanol–water partition coefficient (Wildman–Crippen LogP) is 24.8. The van der Waals surface area contributed by atoms with Gasteiger partial charge >= 0.3 is 39.5 Å². The lowest BCUT2D eigenvalue weighted by Crippen LogP contribution is -2.30. The van der Waals surface area contributed by atoms with Crippen LogP contribution < -0.4 is 0 Å². The van der Waals surface area contributed by atoms with Gasteiger partial charge in [0.1, 0.15) is 19.3 Å². The molecule has 0 saturated carbocycles. The van der Waals surface area contributed by atoms with E-state index in [0.717, 1.165) is 95.8 Å². The molecular weight excluding hydrogens is 1320 g/mol. The first-order valence-electron chi connectivity index (χ1n) is 42.6. The molecule has 101 heavy (non-hydrogen) atoms. The fraction of sp³-hybridized carbons (Fsp3) is 0.951. The molecule has 0 aliphatic carbocycles. The number of rotatable bonds is 82. The van der Waals surface area contributed by atoms with Gasteiger partial charge in [-0.3, -0.25) is 37.3 Å². The van der Waals surface area contributed by atoms with Crippen molar-refractivity contribution in [3.8, 4) is 0 Å². The minimum absolute atomic E-state index is 0.108. The van der Waals surface area contributed by atoms with Crippen LogP contribution in [0, 0.1) is 5.92 Å². The highest BCUT2D eigenvalue weighted by Gasteiger charge is 2.30. The Hall–Kier alpha value is -1.94. The summed E-state index contributed by atoms with van der Waals surface area (Å²) in [4.78, 5) is 73.1. The van der Waals surface area contributed by atoms with Crippen molar-refractivity contribution in [1.29, 1.82) is 0 Å². The molecule has 0 aromatic heterocycles. The second-order valence-corrected chi connectivity index (χ2v) is 32.9. The summed E-state index contributed by atoms with van der Waals surface area (Å²) in [6.45, 7) is 7.33. The third-order valence-corrected chi connectivity index (χ3v) is 21.2. The maximum atomic E-state index is 13.1. The Morgan fingerprint density at radius 3 is 0.673 bits per heavy atom. The molecular formula is C82H160O17P2. The second-order valence-electron chi connectivity index (χ2n) is 30.0. The number of carbonyl (C=O) groups excluding carboxylic acids is 4. The fourth-order valence-electron chi connectivity index (χ4n) is 12.8. The lowest BCUT2D eigenvalue weighted by Gasteiger charge is -2.21. The van der Waals surface area contributed by atoms with E-state index < -0.39 is 97.5 Å². The van der Waals surface area contributed by atoms with E-state index in [0.29, 0.717) is 25.7 Å². The van der Waals surface area contributed by atoms with Gasteiger partial charge in [-0.15, -0.1) is 0 Å². The number of unbranched alkanes of at least 4 members (excludes halogenated alkanes) is 54. The van der Waals surface area contributed by atoms with Gasteiger partial charge in [-0.05, 0) is 31.6 Å². The van der Waals surface area contributed by atoms with Crippen LogP contribution in [-0.4, -0.2) is 96.7 Å². The molecule has 0 fully saturated rings. The first-order valence-corrected chi connectivity index (χ1v) is 45.6. The van der Waals surface area contributed by atoms with Crippen molar-refractivity contribution in [3.05, 3.63) is 0 Å². The zero-order chi connectivity index (χ0) is 74.1. The van der Waals surface area contributed by atoms with Crippen molar-refractivity contribution in [3.63, 3.8) is 0 Å². The maximum absolute atomic E-state index is 13.1. The zero-order valence-electron chi connectivity index (χ0n) is 66.1. The number of ether oxygens (including phenoxy) is 4. The van der Waals surface area contributed by atoms with E-state index in [1.807, 2.05) is 0 Å². The topological polar surface area (TPSA) is 237 Å². The van der Waals surface area contributed by atoms with Crippen LogP contribution in [0.3, 0.4) is 0 Å². The highest BCUT2D eigenvalue weighted by atomic mass is 31.2. The average molecular weight is 1480 g/mol. The van der Waals surface area contributed by atoms with Gasteiger partial charge < -0.3 is 33.8 Å². The third-order valence-electron chi connectivity index (χ3n) is 19.3. The monoisotopic (exact) mass is 1480 g/mol.